The van der Waals surface area contributed by atoms with Crippen LogP contribution in [0.2, 0.25) is 0 Å². The first-order valence-corrected chi connectivity index (χ1v) is 13.4. The highest BCUT2D eigenvalue weighted by molar-refractivity contribution is 4.79. The van der Waals surface area contributed by atoms with E-state index in [0.29, 0.717) is 33.0 Å². The fourth-order valence-electron chi connectivity index (χ4n) is 5.03. The third-order valence-corrected chi connectivity index (χ3v) is 6.95. The van der Waals surface area contributed by atoms with Crippen LogP contribution in [0.3, 0.4) is 0 Å². The second kappa shape index (κ2) is 17.2. The first-order valence-electron chi connectivity index (χ1n) is 13.4. The van der Waals surface area contributed by atoms with Crippen molar-refractivity contribution in [3.05, 3.63) is 0 Å². The Balaban J connectivity index is 2.83. The van der Waals surface area contributed by atoms with E-state index < -0.39 is 37.4 Å². The van der Waals surface area contributed by atoms with Gasteiger partial charge in [0.25, 0.3) is 0 Å². The summed E-state index contributed by atoms with van der Waals surface area (Å²) in [4.78, 5) is 9.65. The Kier molecular flexibility index (Phi) is 16.0. The molecule has 0 radical (unpaired) electrons. The molecule has 0 amide bonds. The molecule has 1 saturated heterocycles. The third-order valence-electron chi connectivity index (χ3n) is 6.95. The van der Waals surface area contributed by atoms with E-state index in [-0.39, 0.29) is 6.17 Å². The van der Waals surface area contributed by atoms with Gasteiger partial charge in [-0.3, -0.25) is 29.8 Å². The zero-order valence-corrected chi connectivity index (χ0v) is 23.2. The highest BCUT2D eigenvalue weighted by Gasteiger charge is 2.29. The van der Waals surface area contributed by atoms with Gasteiger partial charge in [-0.1, -0.05) is 0 Å². The lowest BCUT2D eigenvalue weighted by Crippen LogP contribution is -2.60. The van der Waals surface area contributed by atoms with Gasteiger partial charge in [-0.25, -0.2) is 0 Å². The van der Waals surface area contributed by atoms with E-state index in [1.807, 2.05) is 0 Å². The van der Waals surface area contributed by atoms with Gasteiger partial charge in [-0.15, -0.1) is 0 Å². The molecule has 0 saturated carbocycles. The molecule has 1 aliphatic heterocycles. The van der Waals surface area contributed by atoms with Crippen LogP contribution in [0.4, 0.5) is 0 Å². The van der Waals surface area contributed by atoms with E-state index >= 15 is 0 Å². The molecule has 1 rings (SSSR count). The lowest BCUT2D eigenvalue weighted by molar-refractivity contribution is -0.0937. The minimum Gasteiger partial charge on any atom is -0.379 e. The van der Waals surface area contributed by atoms with Crippen molar-refractivity contribution in [1.82, 2.24) is 29.8 Å². The molecule has 1 fully saturated rings. The molecule has 7 atom stereocenters. The molecule has 36 heavy (non-hydrogen) atoms. The van der Waals surface area contributed by atoms with Gasteiger partial charge in [0.2, 0.25) is 0 Å². The summed E-state index contributed by atoms with van der Waals surface area (Å²) >= 11 is 0. The van der Waals surface area contributed by atoms with Crippen molar-refractivity contribution >= 4 is 0 Å². The third kappa shape index (κ3) is 11.5. The van der Waals surface area contributed by atoms with Crippen LogP contribution in [0.1, 0.15) is 67.2 Å². The van der Waals surface area contributed by atoms with Gasteiger partial charge in [0.15, 0.2) is 0 Å². The van der Waals surface area contributed by atoms with Gasteiger partial charge >= 0.3 is 0 Å². The van der Waals surface area contributed by atoms with E-state index in [1.165, 1.54) is 0 Å². The fraction of sp³-hybridized carbons (Fsp3) is 1.00. The van der Waals surface area contributed by atoms with Crippen LogP contribution < -0.4 is 5.32 Å². The summed E-state index contributed by atoms with van der Waals surface area (Å²) in [7, 11) is 0. The summed E-state index contributed by atoms with van der Waals surface area (Å²) in [5, 5.41) is 63.2. The van der Waals surface area contributed by atoms with Crippen molar-refractivity contribution in [1.29, 1.82) is 0 Å². The lowest BCUT2D eigenvalue weighted by atomic mass is 10.1. The molecular formula is C24H54N6O6. The maximum Gasteiger partial charge on any atom is 0.106 e. The summed E-state index contributed by atoms with van der Waals surface area (Å²) in [5.74, 6) is 0. The SMILES string of the molecule is CC(O)N(CCCC1N(CCCN(C(C)O)C(C)O)CNCN1CCCN(C(C)O)[C@H](C)O)C(C)O. The van der Waals surface area contributed by atoms with Gasteiger partial charge < -0.3 is 30.6 Å². The quantitative estimate of drug-likeness (QED) is 0.110. The Labute approximate surface area is 217 Å². The molecule has 1 aliphatic rings. The molecule has 0 spiro atoms. The minimum atomic E-state index is -0.732. The smallest absolute Gasteiger partial charge is 0.106 e. The van der Waals surface area contributed by atoms with Crippen molar-refractivity contribution in [2.24, 2.45) is 0 Å². The molecule has 12 nitrogen and oxygen atoms in total. The largest absolute Gasteiger partial charge is 0.379 e. The van der Waals surface area contributed by atoms with Crippen molar-refractivity contribution in [2.75, 3.05) is 46.1 Å². The summed E-state index contributed by atoms with van der Waals surface area (Å²) in [5.41, 5.74) is 0. The van der Waals surface area contributed by atoms with Crippen LogP contribution in [0.15, 0.2) is 0 Å². The Hall–Kier alpha value is -0.480. The van der Waals surface area contributed by atoms with Crippen LogP contribution in [0, 0.1) is 0 Å². The Morgan fingerprint density at radius 2 is 0.889 bits per heavy atom. The molecule has 12 heteroatoms. The molecule has 7 N–H and O–H groups in total. The van der Waals surface area contributed by atoms with Crippen molar-refractivity contribution in [3.8, 4) is 0 Å². The van der Waals surface area contributed by atoms with E-state index in [2.05, 4.69) is 15.1 Å². The molecule has 0 aromatic carbocycles. The number of hydrogen-bond acceptors (Lipinski definition) is 12. The zero-order chi connectivity index (χ0) is 27.4. The standard InChI is InChI=1S/C24H54N6O6/c1-18(31)28(19(2)32)13-7-10-24-26(11-8-14-29(20(3)33)21(4)34)16-25-17-27(24)12-9-15-30(22(5)35)23(6)36/h18-25,31-36H,7-17H2,1-6H3/t18?,19?,20-,21?,22?,23?,24?/m0/s1. The Bertz CT molecular complexity index is 511. The van der Waals surface area contributed by atoms with Gasteiger partial charge in [-0.2, -0.15) is 0 Å². The van der Waals surface area contributed by atoms with Gasteiger partial charge in [-0.05, 0) is 67.2 Å². The van der Waals surface area contributed by atoms with E-state index in [0.717, 1.165) is 38.8 Å². The summed E-state index contributed by atoms with van der Waals surface area (Å²) in [6.07, 6.45) is -1.07. The molecular weight excluding hydrogens is 468 g/mol. The maximum atomic E-state index is 9.98. The topological polar surface area (TPSA) is 150 Å². The molecule has 0 bridgehead atoms. The lowest BCUT2D eigenvalue weighted by Gasteiger charge is -2.45. The van der Waals surface area contributed by atoms with Gasteiger partial charge in [0.1, 0.15) is 37.4 Å². The average Bonchev–Trinajstić information content (AvgIpc) is 2.76. The number of aliphatic hydroxyl groups is 6. The number of nitrogens with one attached hydrogen (secondary N) is 1. The fourth-order valence-corrected chi connectivity index (χ4v) is 5.03. The van der Waals surface area contributed by atoms with Crippen LogP contribution in [0.5, 0.6) is 0 Å². The zero-order valence-electron chi connectivity index (χ0n) is 23.2. The van der Waals surface area contributed by atoms with Crippen LogP contribution in [-0.4, -0.2) is 145 Å². The monoisotopic (exact) mass is 522 g/mol. The highest BCUT2D eigenvalue weighted by Crippen LogP contribution is 2.18. The summed E-state index contributed by atoms with van der Waals surface area (Å²) in [6.45, 7) is 14.6. The molecule has 1 heterocycles. The van der Waals surface area contributed by atoms with Crippen molar-refractivity contribution < 1.29 is 30.6 Å². The molecule has 0 aliphatic carbocycles. The van der Waals surface area contributed by atoms with Crippen LogP contribution >= 0.6 is 0 Å². The first kappa shape index (κ1) is 33.5. The molecule has 0 aromatic heterocycles. The Morgan fingerprint density at radius 1 is 0.583 bits per heavy atom. The number of nitrogens with zero attached hydrogens (tertiary/aromatic N) is 5. The maximum absolute atomic E-state index is 9.98. The second-order valence-corrected chi connectivity index (χ2v) is 10.0. The van der Waals surface area contributed by atoms with Gasteiger partial charge in [0, 0.05) is 32.7 Å². The van der Waals surface area contributed by atoms with Crippen LogP contribution in [0.25, 0.3) is 0 Å². The average molecular weight is 523 g/mol. The van der Waals surface area contributed by atoms with Crippen molar-refractivity contribution in [2.45, 2.75) is 111 Å². The predicted molar refractivity (Wildman–Crippen MR) is 139 cm³/mol. The second-order valence-electron chi connectivity index (χ2n) is 10.0. The van der Waals surface area contributed by atoms with Crippen LogP contribution in [-0.2, 0) is 0 Å². The van der Waals surface area contributed by atoms with E-state index in [9.17, 15) is 30.6 Å². The number of hydrogen-bond donors (Lipinski definition) is 7. The van der Waals surface area contributed by atoms with E-state index in [4.69, 9.17) is 0 Å². The predicted octanol–water partition coefficient (Wildman–Crippen LogP) is -1.07. The summed E-state index contributed by atoms with van der Waals surface area (Å²) in [6, 6.07) is 0. The first-order chi connectivity index (χ1) is 16.9. The number of aliphatic hydroxyl groups excluding tert-OH is 6. The molecule has 6 unspecified atom stereocenters. The van der Waals surface area contributed by atoms with E-state index in [1.54, 1.807) is 56.2 Å². The Morgan fingerprint density at radius 3 is 1.19 bits per heavy atom. The highest BCUT2D eigenvalue weighted by atomic mass is 16.3. The minimum absolute atomic E-state index is 0.134. The normalized spacial score (nSPS) is 23.2. The van der Waals surface area contributed by atoms with Gasteiger partial charge in [0.05, 0.1) is 19.5 Å². The summed E-state index contributed by atoms with van der Waals surface area (Å²) < 4.78 is 0. The van der Waals surface area contributed by atoms with Crippen molar-refractivity contribution in [3.63, 3.8) is 0 Å². The molecule has 0 aromatic rings. The molecule has 216 valence electrons. The number of rotatable bonds is 18.